The monoisotopic (exact) mass is 217 g/mol. The summed E-state index contributed by atoms with van der Waals surface area (Å²) >= 11 is 0. The van der Waals surface area contributed by atoms with Gasteiger partial charge in [-0.15, -0.1) is 0 Å². The molecule has 1 aliphatic rings. The smallest absolute Gasteiger partial charge is 0.227 e. The molecule has 4 heteroatoms. The second kappa shape index (κ2) is 4.43. The summed E-state index contributed by atoms with van der Waals surface area (Å²) in [7, 11) is -0.715. The molecule has 1 atom stereocenters. The molecule has 82 valence electrons. The van der Waals surface area contributed by atoms with E-state index in [1.54, 1.807) is 0 Å². The number of carbonyl (C=O) groups is 1. The number of nitrogens with zero attached hydrogens (tertiary/aromatic N) is 1. The minimum Gasteiger partial charge on any atom is -0.341 e. The van der Waals surface area contributed by atoms with Crippen molar-refractivity contribution in [2.24, 2.45) is 5.41 Å². The Labute approximate surface area is 88.3 Å². The number of carbonyl (C=O) groups excluding carboxylic acids is 1. The average molecular weight is 217 g/mol. The maximum atomic E-state index is 11.9. The van der Waals surface area contributed by atoms with E-state index in [-0.39, 0.29) is 11.3 Å². The van der Waals surface area contributed by atoms with E-state index in [9.17, 15) is 9.00 Å². The van der Waals surface area contributed by atoms with Crippen LogP contribution in [-0.2, 0) is 15.6 Å². The molecular weight excluding hydrogens is 198 g/mol. The fourth-order valence-corrected chi connectivity index (χ4v) is 2.60. The topological polar surface area (TPSA) is 37.4 Å². The Morgan fingerprint density at radius 3 is 2.43 bits per heavy atom. The molecule has 1 rings (SSSR count). The van der Waals surface area contributed by atoms with Gasteiger partial charge in [0.2, 0.25) is 5.91 Å². The van der Waals surface area contributed by atoms with Crippen LogP contribution in [0.1, 0.15) is 27.2 Å². The molecule has 0 bridgehead atoms. The molecule has 1 saturated heterocycles. The quantitative estimate of drug-likeness (QED) is 0.607. The third-order valence-corrected chi connectivity index (χ3v) is 3.70. The highest BCUT2D eigenvalue weighted by molar-refractivity contribution is 7.85. The van der Waals surface area contributed by atoms with Crippen LogP contribution in [0.3, 0.4) is 0 Å². The number of hydrogen-bond acceptors (Lipinski definition) is 2. The lowest BCUT2D eigenvalue weighted by Gasteiger charge is -2.27. The van der Waals surface area contributed by atoms with Crippen molar-refractivity contribution in [1.82, 2.24) is 4.90 Å². The summed E-state index contributed by atoms with van der Waals surface area (Å²) in [6.07, 6.45) is 0.869. The Balaban J connectivity index is 2.60. The summed E-state index contributed by atoms with van der Waals surface area (Å²) in [4.78, 5) is 13.8. The van der Waals surface area contributed by atoms with Gasteiger partial charge in [0.15, 0.2) is 0 Å². The van der Waals surface area contributed by atoms with Gasteiger partial charge >= 0.3 is 0 Å². The molecule has 1 fully saturated rings. The molecular formula is C10H19NO2S. The minimum absolute atomic E-state index is 0.177. The van der Waals surface area contributed by atoms with Crippen molar-refractivity contribution in [3.63, 3.8) is 0 Å². The van der Waals surface area contributed by atoms with E-state index in [0.717, 1.165) is 18.7 Å². The van der Waals surface area contributed by atoms with Gasteiger partial charge in [0.1, 0.15) is 0 Å². The number of amides is 1. The summed E-state index contributed by atoms with van der Waals surface area (Å²) in [5.74, 6) is 1.56. The lowest BCUT2D eigenvalue weighted by molar-refractivity contribution is -0.139. The summed E-state index contributed by atoms with van der Waals surface area (Å²) in [5.41, 5.74) is -0.314. The van der Waals surface area contributed by atoms with E-state index in [2.05, 4.69) is 0 Å². The Morgan fingerprint density at radius 2 is 1.86 bits per heavy atom. The van der Waals surface area contributed by atoms with Gasteiger partial charge in [0, 0.05) is 40.8 Å². The molecule has 1 aliphatic heterocycles. The van der Waals surface area contributed by atoms with Gasteiger partial charge in [0.25, 0.3) is 0 Å². The highest BCUT2D eigenvalue weighted by Crippen LogP contribution is 2.18. The van der Waals surface area contributed by atoms with Crippen LogP contribution in [0.4, 0.5) is 0 Å². The normalized spacial score (nSPS) is 24.5. The Hall–Kier alpha value is -0.380. The zero-order valence-electron chi connectivity index (χ0n) is 9.21. The number of hydrogen-bond donors (Lipinski definition) is 0. The molecule has 1 amide bonds. The van der Waals surface area contributed by atoms with Gasteiger partial charge in [-0.2, -0.15) is 0 Å². The molecule has 0 aromatic heterocycles. The van der Waals surface area contributed by atoms with E-state index in [0.29, 0.717) is 12.3 Å². The number of rotatable bonds is 0. The SMILES string of the molecule is CC(C)(C)C(=O)N1CCCS(=O)CC1. The highest BCUT2D eigenvalue weighted by Gasteiger charge is 2.28. The first kappa shape index (κ1) is 11.7. The third-order valence-electron chi connectivity index (χ3n) is 2.32. The van der Waals surface area contributed by atoms with Crippen LogP contribution in [0.5, 0.6) is 0 Å². The molecule has 3 nitrogen and oxygen atoms in total. The maximum Gasteiger partial charge on any atom is 0.227 e. The zero-order chi connectivity index (χ0) is 10.8. The summed E-state index contributed by atoms with van der Waals surface area (Å²) in [6.45, 7) is 7.20. The summed E-state index contributed by atoms with van der Waals surface area (Å²) in [6, 6.07) is 0. The average Bonchev–Trinajstić information content (AvgIpc) is 2.27. The fraction of sp³-hybridized carbons (Fsp3) is 0.900. The van der Waals surface area contributed by atoms with Crippen molar-refractivity contribution < 1.29 is 9.00 Å². The Bertz CT molecular complexity index is 245. The van der Waals surface area contributed by atoms with Gasteiger partial charge < -0.3 is 4.90 Å². The van der Waals surface area contributed by atoms with Gasteiger partial charge in [-0.25, -0.2) is 0 Å². The van der Waals surface area contributed by atoms with E-state index < -0.39 is 10.8 Å². The van der Waals surface area contributed by atoms with Crippen molar-refractivity contribution in [3.05, 3.63) is 0 Å². The van der Waals surface area contributed by atoms with Crippen LogP contribution in [0.15, 0.2) is 0 Å². The Kier molecular flexibility index (Phi) is 3.70. The predicted octanol–water partition coefficient (Wildman–Crippen LogP) is 1.01. The van der Waals surface area contributed by atoms with Crippen molar-refractivity contribution in [1.29, 1.82) is 0 Å². The zero-order valence-corrected chi connectivity index (χ0v) is 10.0. The first-order valence-electron chi connectivity index (χ1n) is 5.05. The molecule has 0 saturated carbocycles. The summed E-state index contributed by atoms with van der Waals surface area (Å²) in [5, 5.41) is 0. The van der Waals surface area contributed by atoms with Crippen LogP contribution in [-0.4, -0.2) is 39.6 Å². The van der Waals surface area contributed by atoms with Crippen molar-refractivity contribution in [3.8, 4) is 0 Å². The third kappa shape index (κ3) is 3.08. The van der Waals surface area contributed by atoms with Crippen LogP contribution in [0.25, 0.3) is 0 Å². The molecule has 0 aromatic carbocycles. The molecule has 14 heavy (non-hydrogen) atoms. The van der Waals surface area contributed by atoms with E-state index >= 15 is 0 Å². The minimum atomic E-state index is -0.715. The standard InChI is InChI=1S/C10H19NO2S/c1-10(2,3)9(12)11-5-4-7-14(13)8-6-11/h4-8H2,1-3H3. The lowest BCUT2D eigenvalue weighted by Crippen LogP contribution is -2.40. The van der Waals surface area contributed by atoms with Gasteiger partial charge in [-0.3, -0.25) is 9.00 Å². The van der Waals surface area contributed by atoms with Gasteiger partial charge in [-0.1, -0.05) is 20.8 Å². The molecule has 0 spiro atoms. The molecule has 0 aromatic rings. The van der Waals surface area contributed by atoms with Gasteiger partial charge in [0.05, 0.1) is 0 Å². The molecule has 0 N–H and O–H groups in total. The second-order valence-electron chi connectivity index (χ2n) is 4.74. The van der Waals surface area contributed by atoms with Crippen LogP contribution in [0.2, 0.25) is 0 Å². The lowest BCUT2D eigenvalue weighted by atomic mass is 9.94. The van der Waals surface area contributed by atoms with E-state index in [1.165, 1.54) is 0 Å². The largest absolute Gasteiger partial charge is 0.341 e. The van der Waals surface area contributed by atoms with Crippen LogP contribution < -0.4 is 0 Å². The highest BCUT2D eigenvalue weighted by atomic mass is 32.2. The van der Waals surface area contributed by atoms with Crippen molar-refractivity contribution in [2.45, 2.75) is 27.2 Å². The Morgan fingerprint density at radius 1 is 1.21 bits per heavy atom. The first-order chi connectivity index (χ1) is 6.41. The molecule has 1 heterocycles. The molecule has 0 aliphatic carbocycles. The first-order valence-corrected chi connectivity index (χ1v) is 6.54. The van der Waals surface area contributed by atoms with Crippen molar-refractivity contribution in [2.75, 3.05) is 24.6 Å². The molecule has 1 unspecified atom stereocenters. The predicted molar refractivity (Wildman–Crippen MR) is 58.5 cm³/mol. The fourth-order valence-electron chi connectivity index (χ4n) is 1.52. The molecule has 0 radical (unpaired) electrons. The summed E-state index contributed by atoms with van der Waals surface area (Å²) < 4.78 is 11.3. The van der Waals surface area contributed by atoms with Crippen LogP contribution in [0, 0.1) is 5.41 Å². The maximum absolute atomic E-state index is 11.9. The van der Waals surface area contributed by atoms with E-state index in [4.69, 9.17) is 0 Å². The van der Waals surface area contributed by atoms with Crippen molar-refractivity contribution >= 4 is 16.7 Å². The van der Waals surface area contributed by atoms with E-state index in [1.807, 2.05) is 25.7 Å². The second-order valence-corrected chi connectivity index (χ2v) is 6.44. The van der Waals surface area contributed by atoms with Crippen LogP contribution >= 0.6 is 0 Å². The van der Waals surface area contributed by atoms with Gasteiger partial charge in [-0.05, 0) is 6.42 Å².